The number of benzene rings is 2. The minimum atomic E-state index is -4.67. The standard InChI is InChI=1S/C51H63F4N11O6.C4H8.CH2O2/c1-56-48(69)8-7-40(33-68)60(3)49(70)42-27-45(44(52)26-38(42)32-67)64-19-17-63(18-20-64)28-35-9-13-61(14-10-35)21-22-72-41-11-15-62(16-12-41)29-37-24-43(51(53,54)55)46-31-65(50(71)66(46)30-37)39-6-4-5-36(23-39)25-47-58-57-34-59(47)2;1-2-4-3-1;2-1-3/h4-6,23-24,26-27,30-35,40-41H,7-22,25,28-29H2,1-3H3,(H,56,69);1-4H2;1H,(H,2,3). The van der Waals surface area contributed by atoms with Gasteiger partial charge in [0.15, 0.2) is 6.29 Å². The summed E-state index contributed by atoms with van der Waals surface area (Å²) in [6.07, 6.45) is 10.9. The SMILES string of the molecule is C1CCC1.CNC(=O)CCC(C=O)N(C)C(=O)c1cc(N2CCN(CC3CCN(CCOC4CCN(Cc5cc(C(F)(F)F)c6cn(-c7cccc(Cc8nncn8C)c7)c(=O)n6c5)CC4)CC3)CC2)c(F)cc1C=O.O=CO. The highest BCUT2D eigenvalue weighted by Crippen LogP contribution is 2.34. The predicted octanol–water partition coefficient (Wildman–Crippen LogP) is 5.72. The lowest BCUT2D eigenvalue weighted by molar-refractivity contribution is -0.136. The van der Waals surface area contributed by atoms with Crippen molar-refractivity contribution in [3.63, 3.8) is 0 Å². The van der Waals surface area contributed by atoms with Gasteiger partial charge in [0.05, 0.1) is 46.8 Å². The number of aryl methyl sites for hydroxylation is 1. The zero-order valence-electron chi connectivity index (χ0n) is 45.3. The maximum absolute atomic E-state index is 15.4. The average molecular weight is 1100 g/mol. The molecule has 1 unspecified atom stereocenters. The number of aromatic nitrogens is 5. The molecule has 1 atom stereocenters. The molecule has 4 fully saturated rings. The van der Waals surface area contributed by atoms with Gasteiger partial charge in [-0.1, -0.05) is 37.8 Å². The molecule has 2 amide bonds. The van der Waals surface area contributed by atoms with Gasteiger partial charge in [-0.05, 0) is 92.6 Å². The number of hydrogen-bond acceptors (Lipinski definition) is 13. The van der Waals surface area contributed by atoms with Gasteiger partial charge in [0, 0.05) is 111 Å². The number of alkyl halides is 3. The van der Waals surface area contributed by atoms with Gasteiger partial charge >= 0.3 is 11.9 Å². The third-order valence-electron chi connectivity index (χ3n) is 15.5. The second kappa shape index (κ2) is 28.4. The van der Waals surface area contributed by atoms with Crippen molar-refractivity contribution >= 4 is 42.1 Å². The van der Waals surface area contributed by atoms with E-state index in [1.165, 1.54) is 67.7 Å². The number of imidazole rings is 1. The van der Waals surface area contributed by atoms with Crippen LogP contribution in [-0.2, 0) is 45.3 Å². The van der Waals surface area contributed by atoms with Gasteiger partial charge in [0.25, 0.3) is 12.4 Å². The number of fused-ring (bicyclic) bond motifs is 1. The molecule has 3 aromatic heterocycles. The number of amides is 2. The number of halogens is 4. The lowest BCUT2D eigenvalue weighted by Crippen LogP contribution is -2.49. The number of aldehydes is 2. The topological polar surface area (TPSA) is 200 Å². The van der Waals surface area contributed by atoms with E-state index in [0.29, 0.717) is 87.9 Å². The number of hydrogen-bond donors (Lipinski definition) is 2. The number of likely N-dealkylation sites (tertiary alicyclic amines) is 2. The Morgan fingerprint density at radius 2 is 1.58 bits per heavy atom. The van der Waals surface area contributed by atoms with E-state index in [4.69, 9.17) is 14.6 Å². The van der Waals surface area contributed by atoms with Crippen LogP contribution >= 0.6 is 0 Å². The molecule has 3 aliphatic heterocycles. The van der Waals surface area contributed by atoms with Crippen molar-refractivity contribution in [2.45, 2.75) is 95.5 Å². The van der Waals surface area contributed by atoms with E-state index in [1.54, 1.807) is 29.1 Å². The zero-order valence-corrected chi connectivity index (χ0v) is 45.3. The lowest BCUT2D eigenvalue weighted by Gasteiger charge is -2.40. The van der Waals surface area contributed by atoms with Crippen LogP contribution in [0.4, 0.5) is 23.2 Å². The maximum atomic E-state index is 15.4. The van der Waals surface area contributed by atoms with Gasteiger partial charge < -0.3 is 39.2 Å². The molecule has 6 heterocycles. The van der Waals surface area contributed by atoms with Crippen molar-refractivity contribution in [2.75, 3.05) is 91.0 Å². The monoisotopic (exact) mass is 1100 g/mol. The normalized spacial score (nSPS) is 17.2. The van der Waals surface area contributed by atoms with Crippen LogP contribution < -0.4 is 15.9 Å². The van der Waals surface area contributed by atoms with Gasteiger partial charge in [-0.3, -0.25) is 37.9 Å². The minimum Gasteiger partial charge on any atom is -0.483 e. The highest BCUT2D eigenvalue weighted by Gasteiger charge is 2.35. The van der Waals surface area contributed by atoms with Crippen LogP contribution in [0.25, 0.3) is 11.2 Å². The second-order valence-electron chi connectivity index (χ2n) is 20.8. The molecule has 23 heteroatoms. The number of carboxylic acid groups (broad SMARTS) is 1. The summed E-state index contributed by atoms with van der Waals surface area (Å²) >= 11 is 0. The lowest BCUT2D eigenvalue weighted by atomic mass is 9.96. The molecule has 0 radical (unpaired) electrons. The second-order valence-corrected chi connectivity index (χ2v) is 20.8. The number of likely N-dealkylation sites (N-methyl/N-ethyl adjacent to an activating group) is 1. The Hall–Kier alpha value is -6.82. The molecule has 1 aliphatic carbocycles. The fourth-order valence-electron chi connectivity index (χ4n) is 10.4. The molecule has 19 nitrogen and oxygen atoms in total. The van der Waals surface area contributed by atoms with Gasteiger partial charge in [-0.2, -0.15) is 13.2 Å². The predicted molar refractivity (Wildman–Crippen MR) is 288 cm³/mol. The summed E-state index contributed by atoms with van der Waals surface area (Å²) in [4.78, 5) is 81.1. The number of ether oxygens (including phenoxy) is 1. The van der Waals surface area contributed by atoms with Crippen molar-refractivity contribution in [2.24, 2.45) is 13.0 Å². The van der Waals surface area contributed by atoms with Crippen LogP contribution in [0, 0.1) is 11.7 Å². The van der Waals surface area contributed by atoms with Crippen molar-refractivity contribution in [3.8, 4) is 5.69 Å². The number of nitrogens with zero attached hydrogens (tertiary/aromatic N) is 10. The molecule has 428 valence electrons. The number of anilines is 1. The average Bonchev–Trinajstić information content (AvgIpc) is 4.06. The highest BCUT2D eigenvalue weighted by molar-refractivity contribution is 6.03. The van der Waals surface area contributed by atoms with Crippen LogP contribution in [0.3, 0.4) is 0 Å². The highest BCUT2D eigenvalue weighted by atomic mass is 19.4. The van der Waals surface area contributed by atoms with E-state index in [1.807, 2.05) is 18.0 Å². The number of carbonyl (C=O) groups is 5. The van der Waals surface area contributed by atoms with E-state index in [-0.39, 0.29) is 60.2 Å². The first kappa shape index (κ1) is 59.8. The van der Waals surface area contributed by atoms with Crippen LogP contribution in [0.15, 0.2) is 66.0 Å². The summed E-state index contributed by atoms with van der Waals surface area (Å²) in [5.41, 5.74) is 0.169. The third kappa shape index (κ3) is 15.9. The van der Waals surface area contributed by atoms with Gasteiger partial charge in [0.1, 0.15) is 24.3 Å². The van der Waals surface area contributed by atoms with Crippen molar-refractivity contribution in [1.82, 2.24) is 48.6 Å². The first-order valence-electron chi connectivity index (χ1n) is 27.1. The Balaban J connectivity index is 0.00000121. The molecular formula is C56H73F4N11O8. The molecular weight excluding hydrogens is 1030 g/mol. The Morgan fingerprint density at radius 3 is 2.19 bits per heavy atom. The van der Waals surface area contributed by atoms with Crippen molar-refractivity contribution < 1.29 is 51.4 Å². The summed E-state index contributed by atoms with van der Waals surface area (Å²) in [6, 6.07) is 9.84. The Morgan fingerprint density at radius 1 is 0.899 bits per heavy atom. The van der Waals surface area contributed by atoms with E-state index in [0.717, 1.165) is 74.0 Å². The number of piperidine rings is 2. The van der Waals surface area contributed by atoms with Crippen molar-refractivity contribution in [3.05, 3.63) is 111 Å². The molecule has 9 rings (SSSR count). The Labute approximate surface area is 457 Å². The number of carbonyl (C=O) groups excluding carboxylic acids is 4. The third-order valence-corrected chi connectivity index (χ3v) is 15.5. The molecule has 1 saturated carbocycles. The van der Waals surface area contributed by atoms with E-state index < -0.39 is 35.2 Å². The molecule has 0 bridgehead atoms. The largest absolute Gasteiger partial charge is 0.483 e. The molecule has 2 N–H and O–H groups in total. The summed E-state index contributed by atoms with van der Waals surface area (Å²) in [5, 5.41) is 17.4. The van der Waals surface area contributed by atoms with E-state index >= 15 is 4.39 Å². The first-order chi connectivity index (χ1) is 38.0. The van der Waals surface area contributed by atoms with E-state index in [9.17, 15) is 37.1 Å². The Kier molecular flexibility index (Phi) is 21.5. The zero-order chi connectivity index (χ0) is 56.6. The van der Waals surface area contributed by atoms with E-state index in [2.05, 4.69) is 30.2 Å². The fourth-order valence-corrected chi connectivity index (χ4v) is 10.4. The first-order valence-corrected chi connectivity index (χ1v) is 27.1. The van der Waals surface area contributed by atoms with Crippen LogP contribution in [0.2, 0.25) is 0 Å². The smallest absolute Gasteiger partial charge is 0.418 e. The number of pyridine rings is 1. The Bertz CT molecular complexity index is 2900. The van der Waals surface area contributed by atoms with Crippen LogP contribution in [0.5, 0.6) is 0 Å². The quantitative estimate of drug-likeness (QED) is 0.0752. The molecule has 2 aromatic carbocycles. The van der Waals surface area contributed by atoms with Crippen LogP contribution in [0.1, 0.15) is 107 Å². The van der Waals surface area contributed by atoms with Gasteiger partial charge in [0.2, 0.25) is 5.91 Å². The summed E-state index contributed by atoms with van der Waals surface area (Å²) < 4.78 is 69.4. The maximum Gasteiger partial charge on any atom is 0.418 e. The fraction of sp³-hybridized carbons (Fsp3) is 0.536. The number of piperazine rings is 1. The van der Waals surface area contributed by atoms with Gasteiger partial charge in [-0.15, -0.1) is 10.2 Å². The number of nitrogens with one attached hydrogen (secondary N) is 1. The molecule has 79 heavy (non-hydrogen) atoms. The van der Waals surface area contributed by atoms with Crippen LogP contribution in [-0.4, -0.2) is 178 Å². The summed E-state index contributed by atoms with van der Waals surface area (Å²) in [5.74, 6) is -0.252. The molecule has 4 aliphatic rings. The molecule has 0 spiro atoms. The van der Waals surface area contributed by atoms with Crippen molar-refractivity contribution in [1.29, 1.82) is 0 Å². The summed E-state index contributed by atoms with van der Waals surface area (Å²) in [6.45, 7) is 8.05. The summed E-state index contributed by atoms with van der Waals surface area (Å²) in [7, 11) is 4.74. The molecule has 3 saturated heterocycles. The minimum absolute atomic E-state index is 0.00209. The van der Waals surface area contributed by atoms with Gasteiger partial charge in [-0.25, -0.2) is 9.18 Å². The molecule has 5 aromatic rings. The number of rotatable bonds is 19.